The van der Waals surface area contributed by atoms with Gasteiger partial charge in [-0.2, -0.15) is 0 Å². The first-order valence-electron chi connectivity index (χ1n) is 2.06. The van der Waals surface area contributed by atoms with Crippen molar-refractivity contribution >= 4 is 18.5 Å². The molecule has 5 heteroatoms. The fraction of sp³-hybridized carbons (Fsp3) is 1.00. The molecule has 0 radical (unpaired) electrons. The fourth-order valence-corrected chi connectivity index (χ4v) is 1.75. The van der Waals surface area contributed by atoms with Gasteiger partial charge >= 0.3 is 52.9 Å². The third-order valence-corrected chi connectivity index (χ3v) is 4.87. The van der Waals surface area contributed by atoms with Crippen LogP contribution < -0.4 is 0 Å². The Hall–Kier alpha value is 0.660. The summed E-state index contributed by atoms with van der Waals surface area (Å²) in [5.74, 6) is 0. The van der Waals surface area contributed by atoms with Gasteiger partial charge in [-0.1, -0.05) is 0 Å². The maximum atomic E-state index is 9.09. The van der Waals surface area contributed by atoms with Crippen molar-refractivity contribution in [2.75, 3.05) is 20.5 Å². The molecule has 8 heavy (non-hydrogen) atoms. The Morgan fingerprint density at radius 3 is 1.75 bits per heavy atom. The summed E-state index contributed by atoms with van der Waals surface area (Å²) < 4.78 is 9.34. The average Bonchev–Trinajstić information content (AvgIpc) is 1.87. The van der Waals surface area contributed by atoms with Gasteiger partial charge in [0.1, 0.15) is 0 Å². The molecule has 0 fully saturated rings. The van der Waals surface area contributed by atoms with Gasteiger partial charge in [0.25, 0.3) is 0 Å². The molecule has 0 aromatic rings. The first kappa shape index (κ1) is 8.66. The van der Waals surface area contributed by atoms with E-state index in [1.54, 1.807) is 6.26 Å². The van der Waals surface area contributed by atoms with Gasteiger partial charge in [0, 0.05) is 0 Å². The first-order valence-corrected chi connectivity index (χ1v) is 5.77. The van der Waals surface area contributed by atoms with Gasteiger partial charge in [-0.15, -0.1) is 0 Å². The van der Waals surface area contributed by atoms with Gasteiger partial charge in [0.05, 0.1) is 0 Å². The zero-order chi connectivity index (χ0) is 6.62. The van der Waals surface area contributed by atoms with Gasteiger partial charge in [-0.05, 0) is 0 Å². The monoisotopic (exact) mass is 158 g/mol. The fourth-order valence-electron chi connectivity index (χ4n) is 0.250. The first-order chi connectivity index (χ1) is 3.68. The van der Waals surface area contributed by atoms with Crippen LogP contribution in [0.4, 0.5) is 0 Å². The van der Waals surface area contributed by atoms with E-state index >= 15 is 0 Å². The van der Waals surface area contributed by atoms with Gasteiger partial charge < -0.3 is 0 Å². The van der Waals surface area contributed by atoms with E-state index in [1.165, 1.54) is 25.6 Å². The third kappa shape index (κ3) is 2.29. The molecule has 52 valence electrons. The zero-order valence-electron chi connectivity index (χ0n) is 5.17. The minimum absolute atomic E-state index is 1.22. The zero-order valence-corrected chi connectivity index (χ0v) is 6.99. The van der Waals surface area contributed by atoms with Crippen LogP contribution in [0.2, 0.25) is 0 Å². The molecular weight excluding hydrogens is 147 g/mol. The minimum atomic E-state index is -2.75. The molecule has 3 nitrogen and oxygen atoms in total. The summed E-state index contributed by atoms with van der Waals surface area (Å²) in [5.41, 5.74) is 0. The summed E-state index contributed by atoms with van der Waals surface area (Å²) in [6.45, 7) is 0. The van der Waals surface area contributed by atoms with Crippen LogP contribution in [0.25, 0.3) is 0 Å². The van der Waals surface area contributed by atoms with Crippen molar-refractivity contribution in [3.63, 3.8) is 0 Å². The number of hydrogen-bond acceptors (Lipinski definition) is 4. The van der Waals surface area contributed by atoms with Gasteiger partial charge in [-0.25, -0.2) is 0 Å². The molecule has 0 bridgehead atoms. The molecule has 0 heterocycles. The van der Waals surface area contributed by atoms with Crippen LogP contribution in [0.1, 0.15) is 0 Å². The van der Waals surface area contributed by atoms with Crippen molar-refractivity contribution in [3.05, 3.63) is 0 Å². The van der Waals surface area contributed by atoms with E-state index in [9.17, 15) is 0 Å². The summed E-state index contributed by atoms with van der Waals surface area (Å²) in [6.07, 6.45) is 1.75. The van der Waals surface area contributed by atoms with E-state index in [-0.39, 0.29) is 0 Å². The van der Waals surface area contributed by atoms with E-state index in [0.717, 1.165) is 0 Å². The molecule has 0 aliphatic carbocycles. The van der Waals surface area contributed by atoms with Crippen LogP contribution in [0.5, 0.6) is 0 Å². The molecule has 0 saturated heterocycles. The second-order valence-electron chi connectivity index (χ2n) is 1.14. The molecule has 0 amide bonds. The predicted molar refractivity (Wildman–Crippen MR) is 38.1 cm³/mol. The molecular formula is C3H11O3PS. The summed E-state index contributed by atoms with van der Waals surface area (Å²) in [6, 6.07) is 0. The van der Waals surface area contributed by atoms with Gasteiger partial charge in [-0.3, -0.25) is 0 Å². The quantitative estimate of drug-likeness (QED) is 0.623. The third-order valence-electron chi connectivity index (χ3n) is 0.774. The molecule has 0 rings (SSSR count). The van der Waals surface area contributed by atoms with Crippen molar-refractivity contribution in [2.24, 2.45) is 0 Å². The van der Waals surface area contributed by atoms with Crippen LogP contribution in [0.15, 0.2) is 0 Å². The van der Waals surface area contributed by atoms with Crippen LogP contribution in [-0.4, -0.2) is 25.4 Å². The molecule has 0 aliphatic rings. The second kappa shape index (κ2) is 3.64. The van der Waals surface area contributed by atoms with Crippen LogP contribution >= 0.6 is 18.5 Å². The summed E-state index contributed by atoms with van der Waals surface area (Å²) in [4.78, 5) is 9.09. The summed E-state index contributed by atoms with van der Waals surface area (Å²) in [5, 5.41) is 0. The van der Waals surface area contributed by atoms with Crippen molar-refractivity contribution in [1.29, 1.82) is 0 Å². The van der Waals surface area contributed by atoms with E-state index in [1.807, 2.05) is 0 Å². The Balaban J connectivity index is 3.58. The normalized spacial score (nSPS) is 14.0. The predicted octanol–water partition coefficient (Wildman–Crippen LogP) is 1.04. The van der Waals surface area contributed by atoms with Crippen molar-refractivity contribution in [2.45, 2.75) is 0 Å². The molecule has 0 spiro atoms. The summed E-state index contributed by atoms with van der Waals surface area (Å²) >= 11 is 1.22. The average molecular weight is 158 g/mol. The number of rotatable bonds is 3. The van der Waals surface area contributed by atoms with E-state index in [4.69, 9.17) is 4.89 Å². The van der Waals surface area contributed by atoms with Crippen molar-refractivity contribution in [1.82, 2.24) is 0 Å². The maximum absolute atomic E-state index is 9.09. The van der Waals surface area contributed by atoms with Gasteiger partial charge in [0.2, 0.25) is 0 Å². The Kier molecular flexibility index (Phi) is 3.94. The molecule has 0 atom stereocenters. The topological polar surface area (TPSA) is 38.7 Å². The van der Waals surface area contributed by atoms with E-state index in [0.29, 0.717) is 0 Å². The number of hydrogen-bond donors (Lipinski definition) is 1. The molecule has 0 unspecified atom stereocenters. The Bertz CT molecular complexity index is 57.3. The molecule has 1 N–H and O–H groups in total. The Morgan fingerprint density at radius 1 is 1.38 bits per heavy atom. The molecule has 0 aromatic heterocycles. The standard InChI is InChI=1S/C3H11O3PS/c1-5-7(4,6-2)8-3/h4,7H,1-3H3. The van der Waals surface area contributed by atoms with Crippen LogP contribution in [0, 0.1) is 0 Å². The molecule has 0 aliphatic heterocycles. The Labute approximate surface area is 53.7 Å². The molecule has 0 saturated carbocycles. The van der Waals surface area contributed by atoms with E-state index in [2.05, 4.69) is 9.05 Å². The SMILES string of the molecule is CO[PH](O)(OC)SC. The van der Waals surface area contributed by atoms with Gasteiger partial charge in [0.15, 0.2) is 0 Å². The van der Waals surface area contributed by atoms with Crippen LogP contribution in [0.3, 0.4) is 0 Å². The Morgan fingerprint density at radius 2 is 1.75 bits per heavy atom. The second-order valence-corrected chi connectivity index (χ2v) is 6.18. The van der Waals surface area contributed by atoms with Crippen LogP contribution in [-0.2, 0) is 9.05 Å². The van der Waals surface area contributed by atoms with Crippen molar-refractivity contribution < 1.29 is 13.9 Å². The summed E-state index contributed by atoms with van der Waals surface area (Å²) in [7, 11) is 0.119. The van der Waals surface area contributed by atoms with E-state index < -0.39 is 7.15 Å². The molecule has 0 aromatic carbocycles. The van der Waals surface area contributed by atoms with Crippen molar-refractivity contribution in [3.8, 4) is 0 Å².